The van der Waals surface area contributed by atoms with E-state index in [2.05, 4.69) is 60.4 Å². The van der Waals surface area contributed by atoms with Crippen LogP contribution in [0.1, 0.15) is 74.9 Å². The summed E-state index contributed by atoms with van der Waals surface area (Å²) in [6.45, 7) is 9.17. The average molecular weight is 665 g/mol. The van der Waals surface area contributed by atoms with Crippen LogP contribution < -0.4 is 15.4 Å². The highest BCUT2D eigenvalue weighted by Crippen LogP contribution is 2.24. The highest BCUT2D eigenvalue weighted by atomic mass is 16.5. The lowest BCUT2D eigenvalue weighted by atomic mass is 9.86. The molecule has 0 fully saturated rings. The number of rotatable bonds is 16. The minimum absolute atomic E-state index is 0.0227. The Balaban J connectivity index is 1.39. The van der Waals surface area contributed by atoms with E-state index in [1.807, 2.05) is 60.7 Å². The second kappa shape index (κ2) is 18.1. The number of aromatic nitrogens is 2. The molecule has 4 aromatic rings. The lowest BCUT2D eigenvalue weighted by molar-refractivity contribution is -0.123. The zero-order chi connectivity index (χ0) is 35.2. The minimum Gasteiger partial charge on any atom is -0.493 e. The van der Waals surface area contributed by atoms with E-state index in [0.717, 1.165) is 52.8 Å². The van der Waals surface area contributed by atoms with Crippen LogP contribution in [0.15, 0.2) is 97.3 Å². The van der Waals surface area contributed by atoms with Gasteiger partial charge in [0.1, 0.15) is 11.8 Å². The minimum atomic E-state index is -1.54. The molecule has 4 rings (SSSR count). The van der Waals surface area contributed by atoms with Crippen molar-refractivity contribution in [1.29, 1.82) is 0 Å². The zero-order valence-corrected chi connectivity index (χ0v) is 28.9. The summed E-state index contributed by atoms with van der Waals surface area (Å²) in [7, 11) is 0. The highest BCUT2D eigenvalue weighted by Gasteiger charge is 2.23. The molecule has 0 bridgehead atoms. The first-order valence-corrected chi connectivity index (χ1v) is 16.9. The van der Waals surface area contributed by atoms with E-state index in [9.17, 15) is 19.8 Å². The third kappa shape index (κ3) is 11.7. The van der Waals surface area contributed by atoms with Crippen LogP contribution in [0.2, 0.25) is 0 Å². The molecule has 0 radical (unpaired) electrons. The van der Waals surface area contributed by atoms with Gasteiger partial charge in [-0.2, -0.15) is 0 Å². The number of hydrogen-bond donors (Lipinski definition) is 4. The molecule has 0 saturated carbocycles. The SMILES string of the molecule is CCC/C=C\CCOc1ccc(-c2cnc(-c3ccc(C[C@H](NC(=O)c4ccc(C(C)(C)C)cc4)C(=O)NCCC(O)O)cc3)nc2)cc1. The molecule has 1 aromatic heterocycles. The largest absolute Gasteiger partial charge is 0.493 e. The topological polar surface area (TPSA) is 134 Å². The number of hydrogen-bond acceptors (Lipinski definition) is 7. The molecule has 0 aliphatic rings. The van der Waals surface area contributed by atoms with Crippen molar-refractivity contribution in [3.63, 3.8) is 0 Å². The van der Waals surface area contributed by atoms with Crippen LogP contribution in [-0.4, -0.2) is 57.5 Å². The van der Waals surface area contributed by atoms with Crippen molar-refractivity contribution in [1.82, 2.24) is 20.6 Å². The lowest BCUT2D eigenvalue weighted by Crippen LogP contribution is -2.48. The van der Waals surface area contributed by atoms with E-state index in [-0.39, 0.29) is 30.7 Å². The van der Waals surface area contributed by atoms with E-state index in [0.29, 0.717) is 18.0 Å². The molecular formula is C40H48N4O5. The highest BCUT2D eigenvalue weighted by molar-refractivity contribution is 5.97. The summed E-state index contributed by atoms with van der Waals surface area (Å²) in [4.78, 5) is 35.4. The summed E-state index contributed by atoms with van der Waals surface area (Å²) < 4.78 is 5.84. The molecule has 2 amide bonds. The van der Waals surface area contributed by atoms with E-state index in [1.54, 1.807) is 24.5 Å². The van der Waals surface area contributed by atoms with Crippen molar-refractivity contribution in [2.45, 2.75) is 77.5 Å². The molecule has 0 aliphatic carbocycles. The van der Waals surface area contributed by atoms with Crippen LogP contribution >= 0.6 is 0 Å². The molecule has 9 heteroatoms. The summed E-state index contributed by atoms with van der Waals surface area (Å²) in [5.74, 6) is 0.603. The van der Waals surface area contributed by atoms with Gasteiger partial charge in [0.15, 0.2) is 12.1 Å². The van der Waals surface area contributed by atoms with E-state index >= 15 is 0 Å². The maximum atomic E-state index is 13.2. The predicted octanol–water partition coefficient (Wildman–Crippen LogP) is 6.39. The standard InChI is InChI=1S/C40H48N4O5/c1-5-6-7-8-9-24-49-34-20-16-29(17-21-34)32-26-42-37(43-27-32)30-12-10-28(11-13-30)25-35(39(48)41-23-22-36(45)46)44-38(47)31-14-18-33(19-15-31)40(2,3)4/h7-8,10-21,26-27,35-36,45-46H,5-6,9,22-25H2,1-4H3,(H,41,48)(H,44,47)/b8-7-/t35-/m0/s1. The first-order chi connectivity index (χ1) is 23.5. The number of nitrogens with one attached hydrogen (secondary N) is 2. The van der Waals surface area contributed by atoms with E-state index < -0.39 is 18.2 Å². The van der Waals surface area contributed by atoms with Crippen molar-refractivity contribution in [3.8, 4) is 28.3 Å². The molecule has 4 N–H and O–H groups in total. The van der Waals surface area contributed by atoms with Crippen LogP contribution in [0.3, 0.4) is 0 Å². The maximum Gasteiger partial charge on any atom is 0.251 e. The quantitative estimate of drug-likeness (QED) is 0.0620. The number of aliphatic hydroxyl groups is 2. The van der Waals surface area contributed by atoms with Gasteiger partial charge < -0.3 is 25.6 Å². The Morgan fingerprint density at radius 3 is 2.08 bits per heavy atom. The second-order valence-corrected chi connectivity index (χ2v) is 13.0. The van der Waals surface area contributed by atoms with Crippen molar-refractivity contribution < 1.29 is 24.5 Å². The fourth-order valence-electron chi connectivity index (χ4n) is 5.06. The summed E-state index contributed by atoms with van der Waals surface area (Å²) in [5.41, 5.74) is 5.01. The normalized spacial score (nSPS) is 12.2. The Morgan fingerprint density at radius 1 is 0.837 bits per heavy atom. The van der Waals surface area contributed by atoms with E-state index in [4.69, 9.17) is 4.74 Å². The van der Waals surface area contributed by atoms with Gasteiger partial charge in [-0.3, -0.25) is 9.59 Å². The number of amides is 2. The van der Waals surface area contributed by atoms with Crippen LogP contribution in [0.4, 0.5) is 0 Å². The number of benzene rings is 3. The first kappa shape index (κ1) is 37.0. The van der Waals surface area contributed by atoms with Gasteiger partial charge in [0.05, 0.1) is 6.61 Å². The van der Waals surface area contributed by atoms with Crippen molar-refractivity contribution in [2.24, 2.45) is 0 Å². The monoisotopic (exact) mass is 664 g/mol. The molecule has 1 atom stereocenters. The Morgan fingerprint density at radius 2 is 1.47 bits per heavy atom. The fourth-order valence-corrected chi connectivity index (χ4v) is 5.06. The van der Waals surface area contributed by atoms with Crippen molar-refractivity contribution in [2.75, 3.05) is 13.2 Å². The van der Waals surface area contributed by atoms with Gasteiger partial charge in [-0.15, -0.1) is 0 Å². The van der Waals surface area contributed by atoms with Gasteiger partial charge in [0.25, 0.3) is 5.91 Å². The molecule has 0 saturated heterocycles. The van der Waals surface area contributed by atoms with Crippen LogP contribution in [-0.2, 0) is 16.6 Å². The van der Waals surface area contributed by atoms with Crippen LogP contribution in [0.5, 0.6) is 5.75 Å². The first-order valence-electron chi connectivity index (χ1n) is 16.9. The molecule has 0 spiro atoms. The molecule has 1 heterocycles. The average Bonchev–Trinajstić information content (AvgIpc) is 3.09. The number of ether oxygens (including phenoxy) is 1. The summed E-state index contributed by atoms with van der Waals surface area (Å²) in [6.07, 6.45) is 9.72. The molecule has 3 aromatic carbocycles. The maximum absolute atomic E-state index is 13.2. The second-order valence-electron chi connectivity index (χ2n) is 13.0. The molecule has 9 nitrogen and oxygen atoms in total. The lowest BCUT2D eigenvalue weighted by Gasteiger charge is -2.21. The summed E-state index contributed by atoms with van der Waals surface area (Å²) >= 11 is 0. The molecule has 49 heavy (non-hydrogen) atoms. The fraction of sp³-hybridized carbons (Fsp3) is 0.350. The summed E-state index contributed by atoms with van der Waals surface area (Å²) in [6, 6.07) is 21.9. The third-order valence-corrected chi connectivity index (χ3v) is 8.00. The van der Waals surface area contributed by atoms with Gasteiger partial charge >= 0.3 is 0 Å². The predicted molar refractivity (Wildman–Crippen MR) is 193 cm³/mol. The smallest absolute Gasteiger partial charge is 0.251 e. The Kier molecular flexibility index (Phi) is 13.6. The van der Waals surface area contributed by atoms with Crippen LogP contribution in [0.25, 0.3) is 22.5 Å². The molecule has 0 unspecified atom stereocenters. The molecule has 0 aliphatic heterocycles. The van der Waals surface area contributed by atoms with Crippen LogP contribution in [0, 0.1) is 0 Å². The number of nitrogens with zero attached hydrogens (tertiary/aromatic N) is 2. The zero-order valence-electron chi connectivity index (χ0n) is 28.9. The number of allylic oxidation sites excluding steroid dienone is 1. The third-order valence-electron chi connectivity index (χ3n) is 8.00. The van der Waals surface area contributed by atoms with Gasteiger partial charge in [0.2, 0.25) is 5.91 Å². The summed E-state index contributed by atoms with van der Waals surface area (Å²) in [5, 5.41) is 23.9. The van der Waals surface area contributed by atoms with Gasteiger partial charge in [-0.25, -0.2) is 9.97 Å². The molecule has 258 valence electrons. The number of carbonyl (C=O) groups is 2. The number of carbonyl (C=O) groups excluding carboxylic acids is 2. The Labute approximate surface area is 289 Å². The van der Waals surface area contributed by atoms with Crippen molar-refractivity contribution >= 4 is 11.8 Å². The molecular weight excluding hydrogens is 616 g/mol. The van der Waals surface area contributed by atoms with Crippen molar-refractivity contribution in [3.05, 3.63) is 114 Å². The number of unbranched alkanes of at least 4 members (excludes halogenated alkanes) is 1. The Hall–Kier alpha value is -4.86. The van der Waals surface area contributed by atoms with Gasteiger partial charge in [-0.1, -0.05) is 94.8 Å². The van der Waals surface area contributed by atoms with Gasteiger partial charge in [-0.05, 0) is 59.2 Å². The number of aliphatic hydroxyl groups excluding tert-OH is 1. The van der Waals surface area contributed by atoms with E-state index in [1.165, 1.54) is 0 Å². The Bertz CT molecular complexity index is 1640. The van der Waals surface area contributed by atoms with Gasteiger partial charge in [0, 0.05) is 48.5 Å².